The van der Waals surface area contributed by atoms with Gasteiger partial charge in [-0.1, -0.05) is 6.07 Å². The van der Waals surface area contributed by atoms with Crippen molar-refractivity contribution in [2.24, 2.45) is 5.92 Å². The van der Waals surface area contributed by atoms with E-state index in [1.54, 1.807) is 11.8 Å². The number of anilines is 3. The highest BCUT2D eigenvalue weighted by Gasteiger charge is 2.33. The third kappa shape index (κ3) is 5.19. The van der Waals surface area contributed by atoms with Crippen LogP contribution < -0.4 is 10.2 Å². The van der Waals surface area contributed by atoms with Crippen molar-refractivity contribution in [3.05, 3.63) is 46.3 Å². The maximum Gasteiger partial charge on any atom is 0.416 e. The Morgan fingerprint density at radius 2 is 2.03 bits per heavy atom. The molecule has 0 bridgehead atoms. The number of alkyl halides is 3. The molecule has 2 heterocycles. The fraction of sp³-hybridized carbons (Fsp3) is 0.421. The lowest BCUT2D eigenvalue weighted by molar-refractivity contribution is -0.383. The minimum atomic E-state index is -4.55. The number of carbonyl (C=O) groups is 1. The van der Waals surface area contributed by atoms with Crippen LogP contribution in [0.1, 0.15) is 25.3 Å². The summed E-state index contributed by atoms with van der Waals surface area (Å²) in [7, 11) is 0. The molecule has 9 nitrogen and oxygen atoms in total. The Hall–Kier alpha value is -3.44. The molecular weight excluding hydrogens is 419 g/mol. The van der Waals surface area contributed by atoms with Gasteiger partial charge >= 0.3 is 17.8 Å². The van der Waals surface area contributed by atoms with Gasteiger partial charge in [0.05, 0.1) is 23.0 Å². The van der Waals surface area contributed by atoms with E-state index in [-0.39, 0.29) is 35.8 Å². The highest BCUT2D eigenvalue weighted by Crippen LogP contribution is 2.37. The Bertz CT molecular complexity index is 962. The van der Waals surface area contributed by atoms with Gasteiger partial charge in [-0.25, -0.2) is 9.97 Å². The number of hydrogen-bond acceptors (Lipinski definition) is 8. The molecular formula is C19H20F3N5O4. The number of nitro groups is 1. The number of ether oxygens (including phenoxy) is 1. The number of esters is 1. The molecule has 12 heteroatoms. The highest BCUT2D eigenvalue weighted by atomic mass is 19.4. The molecule has 0 atom stereocenters. The van der Waals surface area contributed by atoms with Crippen LogP contribution in [0.25, 0.3) is 0 Å². The van der Waals surface area contributed by atoms with Gasteiger partial charge in [0, 0.05) is 18.8 Å². The summed E-state index contributed by atoms with van der Waals surface area (Å²) in [6.07, 6.45) is -2.56. The Morgan fingerprint density at radius 1 is 1.32 bits per heavy atom. The molecule has 166 valence electrons. The van der Waals surface area contributed by atoms with E-state index in [4.69, 9.17) is 4.74 Å². The largest absolute Gasteiger partial charge is 0.466 e. The van der Waals surface area contributed by atoms with Crippen LogP contribution >= 0.6 is 0 Å². The van der Waals surface area contributed by atoms with Gasteiger partial charge in [-0.2, -0.15) is 13.2 Å². The SMILES string of the molecule is CCOC(=O)C1CCN(c2ncnc(Nc3cccc(C(F)(F)F)c3)c2[N+](=O)[O-])CC1. The lowest BCUT2D eigenvalue weighted by Crippen LogP contribution is -2.37. The summed E-state index contributed by atoms with van der Waals surface area (Å²) in [4.78, 5) is 32.5. The summed E-state index contributed by atoms with van der Waals surface area (Å²) >= 11 is 0. The highest BCUT2D eigenvalue weighted by molar-refractivity contribution is 5.76. The average molecular weight is 439 g/mol. The summed E-state index contributed by atoms with van der Waals surface area (Å²) in [6.45, 7) is 2.67. The molecule has 0 saturated carbocycles. The van der Waals surface area contributed by atoms with Crippen molar-refractivity contribution in [3.63, 3.8) is 0 Å². The topological polar surface area (TPSA) is 110 Å². The first-order valence-electron chi connectivity index (χ1n) is 9.56. The van der Waals surface area contributed by atoms with E-state index < -0.39 is 22.4 Å². The molecule has 1 aliphatic heterocycles. The van der Waals surface area contributed by atoms with E-state index in [1.165, 1.54) is 12.1 Å². The predicted molar refractivity (Wildman–Crippen MR) is 105 cm³/mol. The van der Waals surface area contributed by atoms with E-state index in [1.807, 2.05) is 0 Å². The van der Waals surface area contributed by atoms with Crippen molar-refractivity contribution < 1.29 is 27.6 Å². The fourth-order valence-electron chi connectivity index (χ4n) is 3.36. The number of piperidine rings is 1. The number of aromatic nitrogens is 2. The summed E-state index contributed by atoms with van der Waals surface area (Å²) in [5.74, 6) is -0.773. The quantitative estimate of drug-likeness (QED) is 0.410. The molecule has 2 aromatic rings. The predicted octanol–water partition coefficient (Wildman–Crippen LogP) is 3.93. The van der Waals surface area contributed by atoms with Crippen LogP contribution in [0.3, 0.4) is 0 Å². The van der Waals surface area contributed by atoms with E-state index in [0.717, 1.165) is 18.5 Å². The van der Waals surface area contributed by atoms with Crippen molar-refractivity contribution in [2.45, 2.75) is 25.9 Å². The van der Waals surface area contributed by atoms with Gasteiger partial charge in [-0.3, -0.25) is 14.9 Å². The minimum absolute atomic E-state index is 0.00333. The molecule has 1 saturated heterocycles. The van der Waals surface area contributed by atoms with Crippen molar-refractivity contribution in [1.82, 2.24) is 9.97 Å². The number of rotatable bonds is 6. The third-order valence-corrected chi connectivity index (χ3v) is 4.85. The second kappa shape index (κ2) is 9.14. The molecule has 1 aromatic carbocycles. The van der Waals surface area contributed by atoms with Gasteiger partial charge in [0.25, 0.3) is 0 Å². The maximum absolute atomic E-state index is 13.0. The molecule has 31 heavy (non-hydrogen) atoms. The summed E-state index contributed by atoms with van der Waals surface area (Å²) in [5, 5.41) is 14.4. The van der Waals surface area contributed by atoms with Crippen LogP contribution in [0.5, 0.6) is 0 Å². The average Bonchev–Trinajstić information content (AvgIpc) is 2.73. The Morgan fingerprint density at radius 3 is 2.65 bits per heavy atom. The maximum atomic E-state index is 13.0. The molecule has 0 aliphatic carbocycles. The Kier molecular flexibility index (Phi) is 6.56. The smallest absolute Gasteiger partial charge is 0.416 e. The second-order valence-corrected chi connectivity index (χ2v) is 6.87. The molecule has 0 amide bonds. The molecule has 1 aromatic heterocycles. The number of nitrogens with one attached hydrogen (secondary N) is 1. The van der Waals surface area contributed by atoms with Crippen LogP contribution in [-0.2, 0) is 15.7 Å². The van der Waals surface area contributed by atoms with Crippen molar-refractivity contribution >= 4 is 29.0 Å². The van der Waals surface area contributed by atoms with Crippen molar-refractivity contribution in [1.29, 1.82) is 0 Å². The number of carbonyl (C=O) groups excluding carboxylic acids is 1. The van der Waals surface area contributed by atoms with Crippen molar-refractivity contribution in [3.8, 4) is 0 Å². The fourth-order valence-corrected chi connectivity index (χ4v) is 3.36. The van der Waals surface area contributed by atoms with Crippen LogP contribution in [0, 0.1) is 16.0 Å². The third-order valence-electron chi connectivity index (χ3n) is 4.85. The summed E-state index contributed by atoms with van der Waals surface area (Å²) < 4.78 is 43.9. The lowest BCUT2D eigenvalue weighted by Gasteiger charge is -2.31. The van der Waals surface area contributed by atoms with Gasteiger partial charge < -0.3 is 15.0 Å². The van der Waals surface area contributed by atoms with Gasteiger partial charge in [0.2, 0.25) is 11.6 Å². The summed E-state index contributed by atoms with van der Waals surface area (Å²) in [6, 6.07) is 4.29. The molecule has 0 radical (unpaired) electrons. The zero-order valence-electron chi connectivity index (χ0n) is 16.6. The second-order valence-electron chi connectivity index (χ2n) is 6.87. The lowest BCUT2D eigenvalue weighted by atomic mass is 9.97. The van der Waals surface area contributed by atoms with Crippen LogP contribution in [0.15, 0.2) is 30.6 Å². The van der Waals surface area contributed by atoms with E-state index >= 15 is 0 Å². The number of hydrogen-bond donors (Lipinski definition) is 1. The molecule has 1 N–H and O–H groups in total. The van der Waals surface area contributed by atoms with Gasteiger partial charge in [-0.05, 0) is 38.0 Å². The first kappa shape index (κ1) is 22.2. The molecule has 0 unspecified atom stereocenters. The summed E-state index contributed by atoms with van der Waals surface area (Å²) in [5.41, 5.74) is -1.34. The number of nitrogens with zero attached hydrogens (tertiary/aromatic N) is 4. The Labute approximate surface area is 175 Å². The molecule has 1 fully saturated rings. The van der Waals surface area contributed by atoms with Crippen LogP contribution in [0.2, 0.25) is 0 Å². The Balaban J connectivity index is 1.84. The van der Waals surface area contributed by atoms with Gasteiger partial charge in [0.15, 0.2) is 0 Å². The zero-order valence-corrected chi connectivity index (χ0v) is 16.6. The number of halogens is 3. The molecule has 0 spiro atoms. The van der Waals surface area contributed by atoms with Crippen molar-refractivity contribution in [2.75, 3.05) is 29.9 Å². The van der Waals surface area contributed by atoms with E-state index in [0.29, 0.717) is 25.9 Å². The molecule has 3 rings (SSSR count). The number of benzene rings is 1. The minimum Gasteiger partial charge on any atom is -0.466 e. The monoisotopic (exact) mass is 439 g/mol. The first-order chi connectivity index (χ1) is 14.7. The first-order valence-corrected chi connectivity index (χ1v) is 9.56. The van der Waals surface area contributed by atoms with Gasteiger partial charge in [0.1, 0.15) is 6.33 Å². The standard InChI is InChI=1S/C19H20F3N5O4/c1-2-31-18(28)12-6-8-26(9-7-12)17-15(27(29)30)16(23-11-24-17)25-14-5-3-4-13(10-14)19(20,21)22/h3-5,10-12H,2,6-9H2,1H3,(H,23,24,25). The van der Waals surface area contributed by atoms with E-state index in [9.17, 15) is 28.1 Å². The zero-order chi connectivity index (χ0) is 22.6. The van der Waals surface area contributed by atoms with Crippen LogP contribution in [-0.4, -0.2) is 40.6 Å². The normalized spacial score (nSPS) is 14.9. The van der Waals surface area contributed by atoms with E-state index in [2.05, 4.69) is 15.3 Å². The van der Waals surface area contributed by atoms with Crippen LogP contribution in [0.4, 0.5) is 36.2 Å². The van der Waals surface area contributed by atoms with Gasteiger partial charge in [-0.15, -0.1) is 0 Å². The molecule has 1 aliphatic rings.